The average molecular weight is 341 g/mol. The second-order valence-electron chi connectivity index (χ2n) is 5.94. The smallest absolute Gasteiger partial charge is 0.181 e. The Hall–Kier alpha value is -2.83. The molecule has 1 aromatic carbocycles. The minimum Gasteiger partial charge on any atom is -0.348 e. The van der Waals surface area contributed by atoms with Crippen molar-refractivity contribution in [1.82, 2.24) is 24.7 Å². The fourth-order valence-corrected chi connectivity index (χ4v) is 2.56. The minimum absolute atomic E-state index is 0.0656. The number of Topliss-reactive ketones (excluding diaryl/α,β-unsaturated/α-hetero) is 1. The molecule has 0 saturated carbocycles. The van der Waals surface area contributed by atoms with Gasteiger partial charge in [0.1, 0.15) is 18.2 Å². The standard InChI is InChI=1S/C18H20FN5O/c1-3-17-22-18(13-5-4-12(2)16(19)8-13)23-24(17)10-15(25)7-6-14-9-20-11-21-14/h4-5,8-9,11H,3,6-7,10H2,1-2H3,(H,20,21). The lowest BCUT2D eigenvalue weighted by Crippen LogP contribution is -2.14. The number of nitrogens with one attached hydrogen (secondary N) is 1. The van der Waals surface area contributed by atoms with Crippen LogP contribution >= 0.6 is 0 Å². The van der Waals surface area contributed by atoms with Crippen LogP contribution in [0.2, 0.25) is 0 Å². The first-order valence-electron chi connectivity index (χ1n) is 8.26. The third-order valence-corrected chi connectivity index (χ3v) is 4.05. The van der Waals surface area contributed by atoms with E-state index in [2.05, 4.69) is 20.1 Å². The van der Waals surface area contributed by atoms with E-state index in [4.69, 9.17) is 0 Å². The van der Waals surface area contributed by atoms with Crippen LogP contribution in [0.5, 0.6) is 0 Å². The molecular weight excluding hydrogens is 321 g/mol. The van der Waals surface area contributed by atoms with Gasteiger partial charge in [-0.05, 0) is 25.0 Å². The van der Waals surface area contributed by atoms with E-state index < -0.39 is 0 Å². The van der Waals surface area contributed by atoms with Crippen LogP contribution in [0, 0.1) is 12.7 Å². The number of aryl methyl sites for hydroxylation is 3. The van der Waals surface area contributed by atoms with Crippen LogP contribution in [-0.2, 0) is 24.2 Å². The number of aromatic amines is 1. The monoisotopic (exact) mass is 341 g/mol. The second kappa shape index (κ2) is 7.38. The number of carbonyl (C=O) groups excluding carboxylic acids is 1. The molecule has 0 fully saturated rings. The Morgan fingerprint density at radius 1 is 1.36 bits per heavy atom. The number of H-pyrrole nitrogens is 1. The number of halogens is 1. The van der Waals surface area contributed by atoms with Crippen molar-refractivity contribution in [3.8, 4) is 11.4 Å². The Morgan fingerprint density at radius 3 is 2.88 bits per heavy atom. The van der Waals surface area contributed by atoms with Crippen molar-refractivity contribution in [2.75, 3.05) is 0 Å². The van der Waals surface area contributed by atoms with E-state index in [9.17, 15) is 9.18 Å². The van der Waals surface area contributed by atoms with E-state index in [1.807, 2.05) is 6.92 Å². The maximum atomic E-state index is 13.8. The molecule has 25 heavy (non-hydrogen) atoms. The van der Waals surface area contributed by atoms with Gasteiger partial charge in [-0.3, -0.25) is 4.79 Å². The van der Waals surface area contributed by atoms with Gasteiger partial charge in [0.05, 0.1) is 6.33 Å². The lowest BCUT2D eigenvalue weighted by Gasteiger charge is -2.03. The fraction of sp³-hybridized carbons (Fsp3) is 0.333. The molecule has 3 rings (SSSR count). The van der Waals surface area contributed by atoms with Gasteiger partial charge in [-0.25, -0.2) is 19.0 Å². The number of carbonyl (C=O) groups is 1. The maximum Gasteiger partial charge on any atom is 0.181 e. The lowest BCUT2D eigenvalue weighted by molar-refractivity contribution is -0.119. The first kappa shape index (κ1) is 17.0. The number of ketones is 1. The van der Waals surface area contributed by atoms with Gasteiger partial charge in [-0.2, -0.15) is 5.10 Å². The van der Waals surface area contributed by atoms with Crippen molar-refractivity contribution in [1.29, 1.82) is 0 Å². The third-order valence-electron chi connectivity index (χ3n) is 4.05. The second-order valence-corrected chi connectivity index (χ2v) is 5.94. The highest BCUT2D eigenvalue weighted by molar-refractivity contribution is 5.78. The molecule has 6 nitrogen and oxygen atoms in total. The van der Waals surface area contributed by atoms with Gasteiger partial charge in [-0.15, -0.1) is 0 Å². The quantitative estimate of drug-likeness (QED) is 0.717. The first-order chi connectivity index (χ1) is 12.1. The van der Waals surface area contributed by atoms with Crippen LogP contribution in [-0.4, -0.2) is 30.5 Å². The molecule has 0 aliphatic heterocycles. The predicted molar refractivity (Wildman–Crippen MR) is 91.4 cm³/mol. The highest BCUT2D eigenvalue weighted by atomic mass is 19.1. The van der Waals surface area contributed by atoms with Crippen LogP contribution < -0.4 is 0 Å². The summed E-state index contributed by atoms with van der Waals surface area (Å²) < 4.78 is 15.4. The molecule has 0 saturated heterocycles. The van der Waals surface area contributed by atoms with Gasteiger partial charge in [0.25, 0.3) is 0 Å². The summed E-state index contributed by atoms with van der Waals surface area (Å²) in [6.45, 7) is 3.83. The van der Waals surface area contributed by atoms with Crippen molar-refractivity contribution >= 4 is 5.78 Å². The zero-order valence-corrected chi connectivity index (χ0v) is 14.3. The normalized spacial score (nSPS) is 11.0. The number of benzene rings is 1. The highest BCUT2D eigenvalue weighted by Crippen LogP contribution is 2.19. The molecule has 0 radical (unpaired) electrons. The number of aromatic nitrogens is 5. The van der Waals surface area contributed by atoms with E-state index in [1.165, 1.54) is 6.07 Å². The van der Waals surface area contributed by atoms with Crippen molar-refractivity contribution in [2.45, 2.75) is 39.7 Å². The van der Waals surface area contributed by atoms with E-state index in [-0.39, 0.29) is 18.1 Å². The van der Waals surface area contributed by atoms with Gasteiger partial charge in [0.15, 0.2) is 11.6 Å². The Morgan fingerprint density at radius 2 is 2.20 bits per heavy atom. The summed E-state index contributed by atoms with van der Waals surface area (Å²) in [5.74, 6) is 0.932. The number of hydrogen-bond donors (Lipinski definition) is 1. The van der Waals surface area contributed by atoms with Gasteiger partial charge >= 0.3 is 0 Å². The highest BCUT2D eigenvalue weighted by Gasteiger charge is 2.14. The van der Waals surface area contributed by atoms with E-state index in [1.54, 1.807) is 36.3 Å². The fourth-order valence-electron chi connectivity index (χ4n) is 2.56. The van der Waals surface area contributed by atoms with Crippen molar-refractivity contribution in [2.24, 2.45) is 0 Å². The van der Waals surface area contributed by atoms with E-state index >= 15 is 0 Å². The summed E-state index contributed by atoms with van der Waals surface area (Å²) in [5, 5.41) is 4.40. The van der Waals surface area contributed by atoms with Crippen LogP contribution in [0.25, 0.3) is 11.4 Å². The van der Waals surface area contributed by atoms with E-state index in [0.29, 0.717) is 42.0 Å². The topological polar surface area (TPSA) is 76.5 Å². The zero-order chi connectivity index (χ0) is 17.8. The van der Waals surface area contributed by atoms with Crippen molar-refractivity contribution in [3.05, 3.63) is 53.6 Å². The van der Waals surface area contributed by atoms with Crippen LogP contribution in [0.4, 0.5) is 4.39 Å². The van der Waals surface area contributed by atoms with Gasteiger partial charge in [-0.1, -0.05) is 19.1 Å². The molecule has 0 spiro atoms. The zero-order valence-electron chi connectivity index (χ0n) is 14.3. The molecule has 0 amide bonds. The average Bonchev–Trinajstić information content (AvgIpc) is 3.25. The number of rotatable bonds is 7. The summed E-state index contributed by atoms with van der Waals surface area (Å²) >= 11 is 0. The molecule has 0 bridgehead atoms. The molecule has 0 aliphatic carbocycles. The third kappa shape index (κ3) is 3.99. The van der Waals surface area contributed by atoms with Crippen LogP contribution in [0.3, 0.4) is 0 Å². The molecule has 3 aromatic rings. The molecule has 0 atom stereocenters. The van der Waals surface area contributed by atoms with Crippen molar-refractivity contribution < 1.29 is 9.18 Å². The van der Waals surface area contributed by atoms with Gasteiger partial charge in [0.2, 0.25) is 0 Å². The molecule has 7 heteroatoms. The number of nitrogens with zero attached hydrogens (tertiary/aromatic N) is 4. The van der Waals surface area contributed by atoms with Gasteiger partial charge in [0, 0.05) is 30.3 Å². The van der Waals surface area contributed by atoms with Crippen LogP contribution in [0.15, 0.2) is 30.7 Å². The summed E-state index contributed by atoms with van der Waals surface area (Å²) in [7, 11) is 0. The molecule has 1 N–H and O–H groups in total. The first-order valence-corrected chi connectivity index (χ1v) is 8.26. The largest absolute Gasteiger partial charge is 0.348 e. The molecule has 130 valence electrons. The Balaban J connectivity index is 1.73. The maximum absolute atomic E-state index is 13.8. The van der Waals surface area contributed by atoms with Gasteiger partial charge < -0.3 is 4.98 Å². The molecule has 2 aromatic heterocycles. The molecule has 2 heterocycles. The Labute approximate surface area is 145 Å². The minimum atomic E-state index is -0.289. The Bertz CT molecular complexity index is 870. The summed E-state index contributed by atoms with van der Waals surface area (Å²) in [6.07, 6.45) is 4.98. The summed E-state index contributed by atoms with van der Waals surface area (Å²) in [4.78, 5) is 23.6. The number of imidazole rings is 1. The Kier molecular flexibility index (Phi) is 5.02. The summed E-state index contributed by atoms with van der Waals surface area (Å²) in [5.41, 5.74) is 2.12. The SMILES string of the molecule is CCc1nc(-c2ccc(C)c(F)c2)nn1CC(=O)CCc1cnc[nH]1. The predicted octanol–water partition coefficient (Wildman–Crippen LogP) is 2.88. The molecule has 0 unspecified atom stereocenters. The number of hydrogen-bond acceptors (Lipinski definition) is 4. The lowest BCUT2D eigenvalue weighted by atomic mass is 10.1. The van der Waals surface area contributed by atoms with Crippen molar-refractivity contribution in [3.63, 3.8) is 0 Å². The molecular formula is C18H20FN5O. The van der Waals surface area contributed by atoms with Crippen LogP contribution in [0.1, 0.15) is 30.4 Å². The van der Waals surface area contributed by atoms with E-state index in [0.717, 1.165) is 5.69 Å². The molecule has 0 aliphatic rings. The summed E-state index contributed by atoms with van der Waals surface area (Å²) in [6, 6.07) is 4.92.